The summed E-state index contributed by atoms with van der Waals surface area (Å²) in [6, 6.07) is 5.87. The molecule has 0 spiro atoms. The third-order valence-corrected chi connectivity index (χ3v) is 4.20. The lowest BCUT2D eigenvalue weighted by molar-refractivity contribution is 0.190. The quantitative estimate of drug-likeness (QED) is 0.821. The van der Waals surface area contributed by atoms with Crippen molar-refractivity contribution in [1.29, 1.82) is 0 Å². The van der Waals surface area contributed by atoms with Gasteiger partial charge in [-0.05, 0) is 55.5 Å². The highest BCUT2D eigenvalue weighted by Gasteiger charge is 2.26. The second kappa shape index (κ2) is 5.37. The van der Waals surface area contributed by atoms with E-state index in [0.717, 1.165) is 32.6 Å². The fourth-order valence-electron chi connectivity index (χ4n) is 3.31. The van der Waals surface area contributed by atoms with Gasteiger partial charge in [0.1, 0.15) is 5.82 Å². The van der Waals surface area contributed by atoms with Gasteiger partial charge in [0, 0.05) is 25.7 Å². The van der Waals surface area contributed by atoms with E-state index in [9.17, 15) is 4.39 Å². The summed E-state index contributed by atoms with van der Waals surface area (Å²) < 4.78 is 13.3. The standard InChI is InChI=1S/C15H21FN2/c16-13-5-6-14-12(11-13)3-1-4-15(14)18-9-2-7-17-8-10-18/h5-6,11,15,17H,1-4,7-10H2/t15-/m0/s1. The number of hydrogen-bond acceptors (Lipinski definition) is 2. The fourth-order valence-corrected chi connectivity index (χ4v) is 3.31. The summed E-state index contributed by atoms with van der Waals surface area (Å²) >= 11 is 0. The number of fused-ring (bicyclic) bond motifs is 1. The molecule has 0 saturated carbocycles. The summed E-state index contributed by atoms with van der Waals surface area (Å²) in [4.78, 5) is 2.58. The summed E-state index contributed by atoms with van der Waals surface area (Å²) in [7, 11) is 0. The molecule has 0 aromatic heterocycles. The molecule has 3 heteroatoms. The van der Waals surface area contributed by atoms with Gasteiger partial charge in [-0.3, -0.25) is 4.90 Å². The molecule has 1 atom stereocenters. The van der Waals surface area contributed by atoms with Gasteiger partial charge in [0.15, 0.2) is 0 Å². The highest BCUT2D eigenvalue weighted by Crippen LogP contribution is 2.34. The van der Waals surface area contributed by atoms with Gasteiger partial charge in [0.25, 0.3) is 0 Å². The molecule has 0 bridgehead atoms. The van der Waals surface area contributed by atoms with E-state index in [2.05, 4.69) is 10.2 Å². The van der Waals surface area contributed by atoms with Crippen LogP contribution in [0.25, 0.3) is 0 Å². The van der Waals surface area contributed by atoms with E-state index in [1.165, 1.54) is 30.4 Å². The second-order valence-corrected chi connectivity index (χ2v) is 5.39. The van der Waals surface area contributed by atoms with Crippen LogP contribution in [0, 0.1) is 5.82 Å². The van der Waals surface area contributed by atoms with Crippen molar-refractivity contribution >= 4 is 0 Å². The average Bonchev–Trinajstić information content (AvgIpc) is 2.66. The first-order valence-corrected chi connectivity index (χ1v) is 7.08. The number of halogens is 1. The second-order valence-electron chi connectivity index (χ2n) is 5.39. The van der Waals surface area contributed by atoms with Gasteiger partial charge >= 0.3 is 0 Å². The van der Waals surface area contributed by atoms with Gasteiger partial charge in [0.2, 0.25) is 0 Å². The Bertz CT molecular complexity index is 411. The van der Waals surface area contributed by atoms with Gasteiger partial charge in [0.05, 0.1) is 0 Å². The van der Waals surface area contributed by atoms with E-state index in [1.54, 1.807) is 12.1 Å². The molecule has 0 amide bonds. The SMILES string of the molecule is Fc1ccc2c(c1)CCC[C@@H]2N1CCCNCC1. The summed E-state index contributed by atoms with van der Waals surface area (Å²) in [5.74, 6) is -0.0908. The van der Waals surface area contributed by atoms with Crippen LogP contribution in [0.4, 0.5) is 4.39 Å². The maximum absolute atomic E-state index is 13.3. The molecule has 1 fully saturated rings. The van der Waals surface area contributed by atoms with Gasteiger partial charge in [-0.1, -0.05) is 6.07 Å². The number of nitrogens with one attached hydrogen (secondary N) is 1. The van der Waals surface area contributed by atoms with E-state index in [0.29, 0.717) is 6.04 Å². The predicted octanol–water partition coefficient (Wildman–Crippen LogP) is 2.50. The monoisotopic (exact) mass is 248 g/mol. The Hall–Kier alpha value is -0.930. The Morgan fingerprint density at radius 3 is 3.06 bits per heavy atom. The summed E-state index contributed by atoms with van der Waals surface area (Å²) in [5, 5.41) is 3.45. The molecule has 98 valence electrons. The van der Waals surface area contributed by atoms with Gasteiger partial charge in [-0.15, -0.1) is 0 Å². The third kappa shape index (κ3) is 2.43. The number of nitrogens with zero attached hydrogens (tertiary/aromatic N) is 1. The zero-order valence-electron chi connectivity index (χ0n) is 10.8. The number of rotatable bonds is 1. The molecule has 1 aromatic rings. The van der Waals surface area contributed by atoms with Gasteiger partial charge in [-0.25, -0.2) is 4.39 Å². The molecule has 1 aromatic carbocycles. The number of benzene rings is 1. The molecular weight excluding hydrogens is 227 g/mol. The topological polar surface area (TPSA) is 15.3 Å². The molecule has 2 nitrogen and oxygen atoms in total. The van der Waals surface area contributed by atoms with Crippen molar-refractivity contribution in [2.75, 3.05) is 26.2 Å². The van der Waals surface area contributed by atoms with E-state index in [-0.39, 0.29) is 5.82 Å². The fraction of sp³-hybridized carbons (Fsp3) is 0.600. The zero-order valence-corrected chi connectivity index (χ0v) is 10.8. The molecule has 1 saturated heterocycles. The van der Waals surface area contributed by atoms with Crippen LogP contribution < -0.4 is 5.32 Å². The zero-order chi connectivity index (χ0) is 12.4. The summed E-state index contributed by atoms with van der Waals surface area (Å²) in [6.45, 7) is 4.47. The minimum atomic E-state index is -0.0908. The highest BCUT2D eigenvalue weighted by atomic mass is 19.1. The van der Waals surface area contributed by atoms with Crippen LogP contribution >= 0.6 is 0 Å². The van der Waals surface area contributed by atoms with Crippen molar-refractivity contribution < 1.29 is 4.39 Å². The minimum Gasteiger partial charge on any atom is -0.315 e. The molecule has 1 N–H and O–H groups in total. The summed E-state index contributed by atoms with van der Waals surface area (Å²) in [6.07, 6.45) is 4.66. The Morgan fingerprint density at radius 1 is 1.17 bits per heavy atom. The Morgan fingerprint density at radius 2 is 2.11 bits per heavy atom. The van der Waals surface area contributed by atoms with Crippen molar-refractivity contribution in [3.63, 3.8) is 0 Å². The van der Waals surface area contributed by atoms with E-state index >= 15 is 0 Å². The van der Waals surface area contributed by atoms with Crippen LogP contribution in [0.15, 0.2) is 18.2 Å². The van der Waals surface area contributed by atoms with E-state index in [4.69, 9.17) is 0 Å². The Labute approximate surface area is 108 Å². The van der Waals surface area contributed by atoms with E-state index < -0.39 is 0 Å². The van der Waals surface area contributed by atoms with Crippen molar-refractivity contribution in [3.05, 3.63) is 35.1 Å². The van der Waals surface area contributed by atoms with Crippen LogP contribution in [0.5, 0.6) is 0 Å². The van der Waals surface area contributed by atoms with E-state index in [1.807, 2.05) is 6.07 Å². The lowest BCUT2D eigenvalue weighted by atomic mass is 9.86. The van der Waals surface area contributed by atoms with Crippen molar-refractivity contribution in [2.45, 2.75) is 31.7 Å². The largest absolute Gasteiger partial charge is 0.315 e. The smallest absolute Gasteiger partial charge is 0.123 e. The van der Waals surface area contributed by atoms with Gasteiger partial charge in [-0.2, -0.15) is 0 Å². The maximum atomic E-state index is 13.3. The van der Waals surface area contributed by atoms with Crippen LogP contribution in [0.3, 0.4) is 0 Å². The molecule has 18 heavy (non-hydrogen) atoms. The van der Waals surface area contributed by atoms with Crippen molar-refractivity contribution in [1.82, 2.24) is 10.2 Å². The van der Waals surface area contributed by atoms with Crippen LogP contribution in [0.1, 0.15) is 36.4 Å². The van der Waals surface area contributed by atoms with Crippen LogP contribution in [-0.2, 0) is 6.42 Å². The van der Waals surface area contributed by atoms with Gasteiger partial charge < -0.3 is 5.32 Å². The molecule has 2 aliphatic rings. The third-order valence-electron chi connectivity index (χ3n) is 4.20. The molecular formula is C15H21FN2. The van der Waals surface area contributed by atoms with Crippen molar-refractivity contribution in [3.8, 4) is 0 Å². The molecule has 0 radical (unpaired) electrons. The lowest BCUT2D eigenvalue weighted by Crippen LogP contribution is -2.34. The predicted molar refractivity (Wildman–Crippen MR) is 71.1 cm³/mol. The molecule has 1 aliphatic heterocycles. The van der Waals surface area contributed by atoms with Crippen LogP contribution in [-0.4, -0.2) is 31.1 Å². The number of hydrogen-bond donors (Lipinski definition) is 1. The first-order valence-electron chi connectivity index (χ1n) is 7.08. The molecule has 1 aliphatic carbocycles. The number of aryl methyl sites for hydroxylation is 1. The average molecular weight is 248 g/mol. The first-order chi connectivity index (χ1) is 8.84. The van der Waals surface area contributed by atoms with Crippen molar-refractivity contribution in [2.24, 2.45) is 0 Å². The normalized spacial score (nSPS) is 25.5. The molecule has 1 heterocycles. The Balaban J connectivity index is 1.85. The molecule has 0 unspecified atom stereocenters. The Kier molecular flexibility index (Phi) is 3.62. The molecule has 3 rings (SSSR count). The lowest BCUT2D eigenvalue weighted by Gasteiger charge is -2.35. The van der Waals surface area contributed by atoms with Crippen LogP contribution in [0.2, 0.25) is 0 Å². The first kappa shape index (κ1) is 12.1. The highest BCUT2D eigenvalue weighted by molar-refractivity contribution is 5.33. The minimum absolute atomic E-state index is 0.0908. The summed E-state index contributed by atoms with van der Waals surface area (Å²) in [5.41, 5.74) is 2.59. The maximum Gasteiger partial charge on any atom is 0.123 e.